The lowest BCUT2D eigenvalue weighted by molar-refractivity contribution is 0.299. The Morgan fingerprint density at radius 3 is 2.43 bits per heavy atom. The molecule has 1 aromatic rings. The predicted molar refractivity (Wildman–Crippen MR) is 128 cm³/mol. The van der Waals surface area contributed by atoms with E-state index in [9.17, 15) is 0 Å². The fraction of sp³-hybridized carbons (Fsp3) is 0.400. The maximum Gasteiger partial charge on any atom is 0.0213 e. The van der Waals surface area contributed by atoms with Crippen molar-refractivity contribution in [1.82, 2.24) is 0 Å². The van der Waals surface area contributed by atoms with Crippen molar-refractivity contribution in [2.45, 2.75) is 51.9 Å². The van der Waals surface area contributed by atoms with Crippen molar-refractivity contribution in [1.29, 1.82) is 0 Å². The summed E-state index contributed by atoms with van der Waals surface area (Å²) in [7, 11) is 0. The van der Waals surface area contributed by atoms with Crippen LogP contribution in [0.1, 0.15) is 57.4 Å². The minimum Gasteiger partial charge on any atom is -0.0805 e. The largest absolute Gasteiger partial charge is 0.0805 e. The summed E-state index contributed by atoms with van der Waals surface area (Å²) in [5.41, 5.74) is 7.82. The van der Waals surface area contributed by atoms with Crippen LogP contribution in [0.25, 0.3) is 0 Å². The van der Waals surface area contributed by atoms with Crippen LogP contribution in [0.2, 0.25) is 0 Å². The van der Waals surface area contributed by atoms with Gasteiger partial charge in [0.25, 0.3) is 0 Å². The fourth-order valence-corrected chi connectivity index (χ4v) is 6.17. The van der Waals surface area contributed by atoms with Crippen LogP contribution < -0.4 is 0 Å². The maximum atomic E-state index is 2.62. The van der Waals surface area contributed by atoms with Crippen LogP contribution in [0.15, 0.2) is 101 Å². The van der Waals surface area contributed by atoms with Crippen LogP contribution in [-0.4, -0.2) is 0 Å². The van der Waals surface area contributed by atoms with Gasteiger partial charge in [-0.05, 0) is 71.6 Å². The van der Waals surface area contributed by atoms with E-state index in [2.05, 4.69) is 92.8 Å². The second kappa shape index (κ2) is 8.42. The number of hydrogen-bond acceptors (Lipinski definition) is 0. The third-order valence-electron chi connectivity index (χ3n) is 8.03. The molecule has 0 amide bonds. The van der Waals surface area contributed by atoms with Crippen LogP contribution in [0, 0.1) is 23.7 Å². The van der Waals surface area contributed by atoms with E-state index in [0.29, 0.717) is 11.8 Å². The van der Waals surface area contributed by atoms with Crippen LogP contribution in [0.3, 0.4) is 0 Å². The second-order valence-corrected chi connectivity index (χ2v) is 9.66. The van der Waals surface area contributed by atoms with Gasteiger partial charge in [0.2, 0.25) is 0 Å². The Hall–Kier alpha value is -2.34. The molecule has 1 saturated carbocycles. The highest BCUT2D eigenvalue weighted by Gasteiger charge is 2.42. The van der Waals surface area contributed by atoms with Crippen LogP contribution in [0.4, 0.5) is 0 Å². The Labute approximate surface area is 182 Å². The first-order valence-electron chi connectivity index (χ1n) is 11.9. The summed E-state index contributed by atoms with van der Waals surface area (Å²) in [6.45, 7) is 4.87. The Bertz CT molecular complexity index is 963. The quantitative estimate of drug-likeness (QED) is 0.457. The molecular weight excluding hydrogens is 360 g/mol. The number of rotatable bonds is 6. The normalized spacial score (nSPS) is 31.0. The lowest BCUT2D eigenvalue weighted by Gasteiger charge is -2.28. The van der Waals surface area contributed by atoms with E-state index in [0.717, 1.165) is 24.2 Å². The van der Waals surface area contributed by atoms with Gasteiger partial charge in [0, 0.05) is 5.92 Å². The molecule has 0 heterocycles. The van der Waals surface area contributed by atoms with Gasteiger partial charge in [-0.3, -0.25) is 0 Å². The SMILES string of the molecule is CCC(C)C1CC(C2=CC=CC2)CC1C1=CC(c2ccccc2)C=C1C1=CC=CC1. The molecule has 0 N–H and O–H groups in total. The van der Waals surface area contributed by atoms with Gasteiger partial charge in [-0.15, -0.1) is 0 Å². The highest BCUT2D eigenvalue weighted by Crippen LogP contribution is 2.53. The average molecular weight is 395 g/mol. The van der Waals surface area contributed by atoms with E-state index in [1.54, 1.807) is 16.7 Å². The molecule has 0 heteroatoms. The zero-order valence-corrected chi connectivity index (χ0v) is 18.4. The van der Waals surface area contributed by atoms with E-state index in [4.69, 9.17) is 0 Å². The topological polar surface area (TPSA) is 0 Å². The minimum atomic E-state index is 0.418. The van der Waals surface area contributed by atoms with E-state index in [1.807, 2.05) is 0 Å². The first-order chi connectivity index (χ1) is 14.7. The summed E-state index contributed by atoms with van der Waals surface area (Å²) in [5, 5.41) is 0. The third-order valence-corrected chi connectivity index (χ3v) is 8.03. The highest BCUT2D eigenvalue weighted by atomic mass is 14.5. The molecule has 0 spiro atoms. The average Bonchev–Trinajstić information content (AvgIpc) is 3.57. The van der Waals surface area contributed by atoms with Crippen molar-refractivity contribution in [3.63, 3.8) is 0 Å². The van der Waals surface area contributed by atoms with Gasteiger partial charge in [0.05, 0.1) is 0 Å². The molecule has 5 rings (SSSR count). The van der Waals surface area contributed by atoms with Gasteiger partial charge in [0.1, 0.15) is 0 Å². The molecule has 1 aromatic carbocycles. The smallest absolute Gasteiger partial charge is 0.0213 e. The molecule has 0 aromatic heterocycles. The zero-order chi connectivity index (χ0) is 20.5. The van der Waals surface area contributed by atoms with Gasteiger partial charge in [-0.2, -0.15) is 0 Å². The van der Waals surface area contributed by atoms with Gasteiger partial charge in [-0.1, -0.05) is 105 Å². The molecule has 0 nitrogen and oxygen atoms in total. The molecule has 4 aliphatic rings. The Morgan fingerprint density at radius 2 is 1.73 bits per heavy atom. The van der Waals surface area contributed by atoms with Crippen molar-refractivity contribution in [2.24, 2.45) is 23.7 Å². The first-order valence-corrected chi connectivity index (χ1v) is 11.9. The maximum absolute atomic E-state index is 2.62. The summed E-state index contributed by atoms with van der Waals surface area (Å²) < 4.78 is 0. The molecule has 30 heavy (non-hydrogen) atoms. The van der Waals surface area contributed by atoms with Crippen molar-refractivity contribution in [3.8, 4) is 0 Å². The molecule has 154 valence electrons. The second-order valence-electron chi connectivity index (χ2n) is 9.66. The Kier molecular flexibility index (Phi) is 5.50. The fourth-order valence-electron chi connectivity index (χ4n) is 6.17. The number of benzene rings is 1. The van der Waals surface area contributed by atoms with Gasteiger partial charge in [-0.25, -0.2) is 0 Å². The predicted octanol–water partition coefficient (Wildman–Crippen LogP) is 8.10. The van der Waals surface area contributed by atoms with E-state index in [-0.39, 0.29) is 0 Å². The molecule has 5 unspecified atom stereocenters. The van der Waals surface area contributed by atoms with Crippen molar-refractivity contribution in [2.75, 3.05) is 0 Å². The Balaban J connectivity index is 1.50. The number of hydrogen-bond donors (Lipinski definition) is 0. The van der Waals surface area contributed by atoms with Crippen LogP contribution in [-0.2, 0) is 0 Å². The summed E-state index contributed by atoms with van der Waals surface area (Å²) in [4.78, 5) is 0. The highest BCUT2D eigenvalue weighted by molar-refractivity contribution is 5.59. The standard InChI is InChI=1S/C30H34/c1-3-21(2)27-17-25(23-13-7-8-14-23)19-29(27)30-20-26(22-11-5-4-6-12-22)18-28(30)24-15-9-10-16-24/h4-13,15,18,20-21,25-27,29H,3,14,16-17,19H2,1-2H3. The van der Waals surface area contributed by atoms with Gasteiger partial charge < -0.3 is 0 Å². The van der Waals surface area contributed by atoms with Crippen molar-refractivity contribution < 1.29 is 0 Å². The lowest BCUT2D eigenvalue weighted by atomic mass is 9.77. The van der Waals surface area contributed by atoms with Crippen LogP contribution in [0.5, 0.6) is 0 Å². The first kappa shape index (κ1) is 19.6. The summed E-state index contributed by atoms with van der Waals surface area (Å²) in [6.07, 6.45) is 25.3. The molecule has 4 aliphatic carbocycles. The molecular formula is C30H34. The molecule has 1 fully saturated rings. The molecule has 0 bridgehead atoms. The monoisotopic (exact) mass is 394 g/mol. The minimum absolute atomic E-state index is 0.418. The summed E-state index contributed by atoms with van der Waals surface area (Å²) in [5.74, 6) is 3.44. The van der Waals surface area contributed by atoms with E-state index >= 15 is 0 Å². The molecule has 0 saturated heterocycles. The molecule has 0 radical (unpaired) electrons. The van der Waals surface area contributed by atoms with E-state index < -0.39 is 0 Å². The summed E-state index contributed by atoms with van der Waals surface area (Å²) >= 11 is 0. The van der Waals surface area contributed by atoms with Crippen LogP contribution >= 0.6 is 0 Å². The Morgan fingerprint density at radius 1 is 0.933 bits per heavy atom. The van der Waals surface area contributed by atoms with Crippen molar-refractivity contribution >= 4 is 0 Å². The van der Waals surface area contributed by atoms with Crippen molar-refractivity contribution in [3.05, 3.63) is 107 Å². The lowest BCUT2D eigenvalue weighted by Crippen LogP contribution is -2.18. The third kappa shape index (κ3) is 3.62. The van der Waals surface area contributed by atoms with E-state index in [1.165, 1.54) is 36.8 Å². The summed E-state index contributed by atoms with van der Waals surface area (Å²) in [6, 6.07) is 11.1. The number of allylic oxidation sites excluding steroid dienone is 12. The molecule has 0 aliphatic heterocycles. The van der Waals surface area contributed by atoms with Gasteiger partial charge in [0.15, 0.2) is 0 Å². The zero-order valence-electron chi connectivity index (χ0n) is 18.4. The van der Waals surface area contributed by atoms with Gasteiger partial charge >= 0.3 is 0 Å². The molecule has 5 atom stereocenters.